The molecular formula is C25H29N3O4S. The molecule has 174 valence electrons. The van der Waals surface area contributed by atoms with Gasteiger partial charge in [-0.3, -0.25) is 4.79 Å². The van der Waals surface area contributed by atoms with Crippen molar-refractivity contribution in [1.29, 1.82) is 0 Å². The molecule has 1 unspecified atom stereocenters. The van der Waals surface area contributed by atoms with Gasteiger partial charge in [-0.2, -0.15) is 4.31 Å². The first-order valence-corrected chi connectivity index (χ1v) is 13.1. The molecule has 0 saturated carbocycles. The van der Waals surface area contributed by atoms with Crippen molar-refractivity contribution in [2.45, 2.75) is 49.8 Å². The maximum atomic E-state index is 13.5. The number of aromatic nitrogens is 1. The molecular weight excluding hydrogens is 438 g/mol. The van der Waals surface area contributed by atoms with Gasteiger partial charge in [-0.15, -0.1) is 0 Å². The summed E-state index contributed by atoms with van der Waals surface area (Å²) in [6, 6.07) is 12.6. The number of fused-ring (bicyclic) bond motifs is 1. The van der Waals surface area contributed by atoms with Crippen LogP contribution in [0.1, 0.15) is 59.8 Å². The maximum Gasteiger partial charge on any atom is 0.254 e. The van der Waals surface area contributed by atoms with Gasteiger partial charge in [-0.05, 0) is 62.4 Å². The van der Waals surface area contributed by atoms with Gasteiger partial charge in [0.2, 0.25) is 10.0 Å². The third-order valence-electron chi connectivity index (χ3n) is 6.76. The van der Waals surface area contributed by atoms with Gasteiger partial charge in [0, 0.05) is 31.7 Å². The van der Waals surface area contributed by atoms with Gasteiger partial charge in [0.25, 0.3) is 5.91 Å². The number of benzene rings is 2. The van der Waals surface area contributed by atoms with Gasteiger partial charge in [0.1, 0.15) is 5.52 Å². The van der Waals surface area contributed by atoms with Crippen molar-refractivity contribution in [1.82, 2.24) is 14.2 Å². The van der Waals surface area contributed by atoms with Crippen molar-refractivity contribution < 1.29 is 17.6 Å². The van der Waals surface area contributed by atoms with Crippen LogP contribution in [-0.2, 0) is 10.0 Å². The number of piperidine rings is 2. The van der Waals surface area contributed by atoms with E-state index in [1.54, 1.807) is 22.5 Å². The van der Waals surface area contributed by atoms with E-state index in [-0.39, 0.29) is 16.7 Å². The summed E-state index contributed by atoms with van der Waals surface area (Å²) in [4.78, 5) is 20.1. The summed E-state index contributed by atoms with van der Waals surface area (Å²) in [6.07, 6.45) is 4.56. The number of hydrogen-bond acceptors (Lipinski definition) is 5. The van der Waals surface area contributed by atoms with Crippen molar-refractivity contribution in [3.05, 3.63) is 59.5 Å². The van der Waals surface area contributed by atoms with Crippen molar-refractivity contribution in [3.63, 3.8) is 0 Å². The van der Waals surface area contributed by atoms with E-state index in [9.17, 15) is 13.2 Å². The van der Waals surface area contributed by atoms with Crippen LogP contribution in [0.3, 0.4) is 0 Å². The summed E-state index contributed by atoms with van der Waals surface area (Å²) in [7, 11) is -3.60. The third-order valence-corrected chi connectivity index (χ3v) is 8.66. The number of nitrogens with zero attached hydrogens (tertiary/aromatic N) is 3. The number of sulfonamides is 1. The molecule has 2 fully saturated rings. The number of carbonyl (C=O) groups is 1. The number of likely N-dealkylation sites (tertiary alicyclic amines) is 1. The van der Waals surface area contributed by atoms with E-state index in [0.29, 0.717) is 37.6 Å². The summed E-state index contributed by atoms with van der Waals surface area (Å²) < 4.78 is 33.8. The van der Waals surface area contributed by atoms with Crippen LogP contribution in [0, 0.1) is 6.92 Å². The van der Waals surface area contributed by atoms with Gasteiger partial charge < -0.3 is 9.32 Å². The standard InChI is InChI=1S/C25H29N3O4S/c1-18-11-12-20(33(30,31)28-14-5-2-6-15-28)16-21(18)25(29)27-13-7-8-19(17-27)24-26-22-9-3-4-10-23(22)32-24/h3-4,9-12,16,19H,2,5-8,13-15,17H2,1H3. The highest BCUT2D eigenvalue weighted by molar-refractivity contribution is 7.89. The van der Waals surface area contributed by atoms with Gasteiger partial charge in [0.05, 0.1) is 10.8 Å². The minimum Gasteiger partial charge on any atom is -0.440 e. The first-order chi connectivity index (χ1) is 15.9. The molecule has 3 aromatic rings. The molecule has 8 heteroatoms. The topological polar surface area (TPSA) is 83.7 Å². The lowest BCUT2D eigenvalue weighted by Gasteiger charge is -2.32. The Bertz CT molecular complexity index is 1240. The average Bonchev–Trinajstić information content (AvgIpc) is 3.29. The second kappa shape index (κ2) is 8.91. The van der Waals surface area contributed by atoms with E-state index in [1.165, 1.54) is 0 Å². The monoisotopic (exact) mass is 467 g/mol. The molecule has 1 atom stereocenters. The molecule has 0 N–H and O–H groups in total. The Morgan fingerprint density at radius 1 is 1.03 bits per heavy atom. The van der Waals surface area contributed by atoms with Crippen molar-refractivity contribution >= 4 is 27.0 Å². The largest absolute Gasteiger partial charge is 0.440 e. The lowest BCUT2D eigenvalue weighted by atomic mass is 9.96. The van der Waals surface area contributed by atoms with E-state index < -0.39 is 10.0 Å². The highest BCUT2D eigenvalue weighted by Gasteiger charge is 2.31. The molecule has 3 heterocycles. The quantitative estimate of drug-likeness (QED) is 0.570. The molecule has 2 aliphatic rings. The van der Waals surface area contributed by atoms with Gasteiger partial charge in [0.15, 0.2) is 11.5 Å². The number of rotatable bonds is 4. The van der Waals surface area contributed by atoms with Crippen LogP contribution in [0.2, 0.25) is 0 Å². The SMILES string of the molecule is Cc1ccc(S(=O)(=O)N2CCCCC2)cc1C(=O)N1CCCC(c2nc3ccccc3o2)C1. The molecule has 5 rings (SSSR count). The minimum absolute atomic E-state index is 0.0238. The number of carbonyl (C=O) groups excluding carboxylic acids is 1. The van der Waals surface area contributed by atoms with Gasteiger partial charge >= 0.3 is 0 Å². The Balaban J connectivity index is 1.38. The van der Waals surface area contributed by atoms with Crippen molar-refractivity contribution in [3.8, 4) is 0 Å². The second-order valence-electron chi connectivity index (χ2n) is 9.05. The van der Waals surface area contributed by atoms with Gasteiger partial charge in [-0.1, -0.05) is 24.6 Å². The molecule has 33 heavy (non-hydrogen) atoms. The lowest BCUT2D eigenvalue weighted by Crippen LogP contribution is -2.39. The van der Waals surface area contributed by atoms with Crippen LogP contribution in [0.4, 0.5) is 0 Å². The van der Waals surface area contributed by atoms with Crippen LogP contribution >= 0.6 is 0 Å². The van der Waals surface area contributed by atoms with E-state index in [1.807, 2.05) is 36.1 Å². The molecule has 2 saturated heterocycles. The van der Waals surface area contributed by atoms with Crippen LogP contribution < -0.4 is 0 Å². The zero-order valence-electron chi connectivity index (χ0n) is 18.9. The molecule has 2 aliphatic heterocycles. The highest BCUT2D eigenvalue weighted by atomic mass is 32.2. The molecule has 1 aromatic heterocycles. The number of aryl methyl sites for hydroxylation is 1. The van der Waals surface area contributed by atoms with Crippen LogP contribution in [0.25, 0.3) is 11.1 Å². The third kappa shape index (κ3) is 4.29. The summed E-state index contributed by atoms with van der Waals surface area (Å²) in [5.41, 5.74) is 2.80. The maximum absolute atomic E-state index is 13.5. The Hall–Kier alpha value is -2.71. The highest BCUT2D eigenvalue weighted by Crippen LogP contribution is 2.30. The lowest BCUT2D eigenvalue weighted by molar-refractivity contribution is 0.0698. The van der Waals surface area contributed by atoms with Crippen LogP contribution in [0.5, 0.6) is 0 Å². The zero-order valence-corrected chi connectivity index (χ0v) is 19.7. The Morgan fingerprint density at radius 3 is 2.61 bits per heavy atom. The van der Waals surface area contributed by atoms with E-state index in [0.717, 1.165) is 48.8 Å². The van der Waals surface area contributed by atoms with Crippen LogP contribution in [-0.4, -0.2) is 54.7 Å². The molecule has 7 nitrogen and oxygen atoms in total. The Labute approximate surface area is 194 Å². The molecule has 0 spiro atoms. The fourth-order valence-corrected chi connectivity index (χ4v) is 6.39. The van der Waals surface area contributed by atoms with Crippen LogP contribution in [0.15, 0.2) is 51.8 Å². The first-order valence-electron chi connectivity index (χ1n) is 11.7. The second-order valence-corrected chi connectivity index (χ2v) is 11.0. The molecule has 0 bridgehead atoms. The molecule has 0 aliphatic carbocycles. The summed E-state index contributed by atoms with van der Waals surface area (Å²) in [5.74, 6) is 0.548. The number of amides is 1. The summed E-state index contributed by atoms with van der Waals surface area (Å²) >= 11 is 0. The number of oxazole rings is 1. The normalized spacial score (nSPS) is 20.3. The van der Waals surface area contributed by atoms with E-state index in [4.69, 9.17) is 4.42 Å². The fourth-order valence-electron chi connectivity index (χ4n) is 4.84. The summed E-state index contributed by atoms with van der Waals surface area (Å²) in [6.45, 7) is 4.08. The summed E-state index contributed by atoms with van der Waals surface area (Å²) in [5, 5.41) is 0. The van der Waals surface area contributed by atoms with Gasteiger partial charge in [-0.25, -0.2) is 13.4 Å². The van der Waals surface area contributed by atoms with Crippen molar-refractivity contribution in [2.75, 3.05) is 26.2 Å². The smallest absolute Gasteiger partial charge is 0.254 e. The molecule has 2 aromatic carbocycles. The Morgan fingerprint density at radius 2 is 1.82 bits per heavy atom. The predicted molar refractivity (Wildman–Crippen MR) is 126 cm³/mol. The first kappa shape index (κ1) is 22.1. The average molecular weight is 468 g/mol. The van der Waals surface area contributed by atoms with E-state index >= 15 is 0 Å². The number of para-hydroxylation sites is 2. The van der Waals surface area contributed by atoms with E-state index in [2.05, 4.69) is 4.98 Å². The number of hydrogen-bond donors (Lipinski definition) is 0. The molecule has 1 amide bonds. The fraction of sp³-hybridized carbons (Fsp3) is 0.440. The Kier molecular flexibility index (Phi) is 5.97. The minimum atomic E-state index is -3.60. The zero-order chi connectivity index (χ0) is 23.0. The van der Waals surface area contributed by atoms with Crippen molar-refractivity contribution in [2.24, 2.45) is 0 Å². The predicted octanol–water partition coefficient (Wildman–Crippen LogP) is 4.33. The molecule has 0 radical (unpaired) electrons.